The van der Waals surface area contributed by atoms with Crippen molar-refractivity contribution in [1.29, 1.82) is 0 Å². The summed E-state index contributed by atoms with van der Waals surface area (Å²) in [6.45, 7) is 6.72. The van der Waals surface area contributed by atoms with Crippen LogP contribution in [0.1, 0.15) is 20.8 Å². The molecular weight excluding hydrogens is 146 g/mol. The van der Waals surface area contributed by atoms with E-state index < -0.39 is 6.23 Å². The average molecular weight is 163 g/mol. The molecule has 0 bridgehead atoms. The second-order valence-electron chi connectivity index (χ2n) is 3.45. The minimum absolute atomic E-state index is 0.0804. The summed E-state index contributed by atoms with van der Waals surface area (Å²) in [5.41, 5.74) is -0.0804. The van der Waals surface area contributed by atoms with Crippen LogP contribution in [0.2, 0.25) is 0 Å². The van der Waals surface area contributed by atoms with Crippen molar-refractivity contribution in [3.05, 3.63) is 0 Å². The van der Waals surface area contributed by atoms with Gasteiger partial charge in [0.1, 0.15) is 6.23 Å². The molecule has 1 unspecified atom stereocenters. The van der Waals surface area contributed by atoms with E-state index in [9.17, 15) is 5.11 Å². The minimum atomic E-state index is -0.431. The fraction of sp³-hybridized carbons (Fsp3) is 1.00. The van der Waals surface area contributed by atoms with Gasteiger partial charge in [0.15, 0.2) is 0 Å². The zero-order valence-electron chi connectivity index (χ0n) is 6.89. The number of nitrogens with one attached hydrogen (secondary N) is 1. The monoisotopic (exact) mass is 163 g/mol. The largest absolute Gasteiger partial charge is 0.378 e. The van der Waals surface area contributed by atoms with E-state index >= 15 is 0 Å². The van der Waals surface area contributed by atoms with E-state index in [1.807, 2.05) is 20.8 Å². The molecule has 1 atom stereocenters. The van der Waals surface area contributed by atoms with Crippen LogP contribution in [0.3, 0.4) is 0 Å². The van der Waals surface area contributed by atoms with Crippen molar-refractivity contribution in [2.45, 2.75) is 27.0 Å². The first kappa shape index (κ1) is 10.3. The average Bonchev–Trinajstić information content (AvgIpc) is 1.80. The smallest absolute Gasteiger partial charge is 0.109 e. The quantitative estimate of drug-likeness (QED) is 0.426. The molecular formula is C7H17NOS. The standard InChI is InChI=1S/C7H17NOS/c1-7(2,3)6(9)8-4-5-10/h6,8-10H,4-5H2,1-3H3. The summed E-state index contributed by atoms with van der Waals surface area (Å²) in [6, 6.07) is 0. The van der Waals surface area contributed by atoms with Crippen molar-refractivity contribution >= 4 is 12.6 Å². The molecule has 0 amide bonds. The van der Waals surface area contributed by atoms with Crippen LogP contribution in [0.4, 0.5) is 0 Å². The molecule has 0 aromatic carbocycles. The van der Waals surface area contributed by atoms with Crippen LogP contribution in [0.5, 0.6) is 0 Å². The van der Waals surface area contributed by atoms with E-state index in [2.05, 4.69) is 17.9 Å². The van der Waals surface area contributed by atoms with Gasteiger partial charge in [0, 0.05) is 17.7 Å². The Kier molecular flexibility index (Phi) is 4.32. The summed E-state index contributed by atoms with van der Waals surface area (Å²) in [7, 11) is 0. The van der Waals surface area contributed by atoms with E-state index in [4.69, 9.17) is 0 Å². The van der Waals surface area contributed by atoms with Crippen LogP contribution in [0.25, 0.3) is 0 Å². The van der Waals surface area contributed by atoms with E-state index in [1.165, 1.54) is 0 Å². The van der Waals surface area contributed by atoms with Crippen molar-refractivity contribution in [2.75, 3.05) is 12.3 Å². The van der Waals surface area contributed by atoms with Crippen molar-refractivity contribution < 1.29 is 5.11 Å². The molecule has 0 radical (unpaired) electrons. The lowest BCUT2D eigenvalue weighted by molar-refractivity contribution is 0.0353. The number of hydrogen-bond acceptors (Lipinski definition) is 3. The normalized spacial score (nSPS) is 15.3. The molecule has 2 nitrogen and oxygen atoms in total. The third-order valence-electron chi connectivity index (χ3n) is 1.27. The highest BCUT2D eigenvalue weighted by Gasteiger charge is 2.20. The van der Waals surface area contributed by atoms with Crippen LogP contribution in [0, 0.1) is 5.41 Å². The maximum absolute atomic E-state index is 9.37. The highest BCUT2D eigenvalue weighted by molar-refractivity contribution is 7.80. The van der Waals surface area contributed by atoms with Crippen molar-refractivity contribution in [3.63, 3.8) is 0 Å². The molecule has 62 valence electrons. The lowest BCUT2D eigenvalue weighted by atomic mass is 9.94. The molecule has 0 aromatic heterocycles. The second kappa shape index (κ2) is 4.21. The molecule has 0 rings (SSSR count). The Morgan fingerprint density at radius 2 is 2.00 bits per heavy atom. The first-order chi connectivity index (χ1) is 4.48. The fourth-order valence-corrected chi connectivity index (χ4v) is 0.637. The van der Waals surface area contributed by atoms with Gasteiger partial charge < -0.3 is 5.11 Å². The number of aliphatic hydroxyl groups excluding tert-OH is 1. The first-order valence-corrected chi connectivity index (χ1v) is 4.14. The molecule has 0 heterocycles. The highest BCUT2D eigenvalue weighted by atomic mass is 32.1. The first-order valence-electron chi connectivity index (χ1n) is 3.51. The van der Waals surface area contributed by atoms with Gasteiger partial charge in [-0.2, -0.15) is 12.6 Å². The van der Waals surface area contributed by atoms with Gasteiger partial charge in [-0.05, 0) is 0 Å². The minimum Gasteiger partial charge on any atom is -0.378 e. The zero-order chi connectivity index (χ0) is 8.20. The predicted molar refractivity (Wildman–Crippen MR) is 47.3 cm³/mol. The SMILES string of the molecule is CC(C)(C)C(O)NCCS. The van der Waals surface area contributed by atoms with Crippen LogP contribution in [-0.4, -0.2) is 23.6 Å². The van der Waals surface area contributed by atoms with Crippen molar-refractivity contribution in [3.8, 4) is 0 Å². The Hall–Kier alpha value is 0.270. The Labute approximate surface area is 68.4 Å². The molecule has 2 N–H and O–H groups in total. The molecule has 3 heteroatoms. The molecule has 10 heavy (non-hydrogen) atoms. The topological polar surface area (TPSA) is 32.3 Å². The van der Waals surface area contributed by atoms with Crippen molar-refractivity contribution in [2.24, 2.45) is 5.41 Å². The van der Waals surface area contributed by atoms with Crippen LogP contribution in [-0.2, 0) is 0 Å². The fourth-order valence-electron chi connectivity index (χ4n) is 0.507. The summed E-state index contributed by atoms with van der Waals surface area (Å²) >= 11 is 4.02. The molecule has 0 spiro atoms. The maximum Gasteiger partial charge on any atom is 0.109 e. The maximum atomic E-state index is 9.37. The number of hydrogen-bond donors (Lipinski definition) is 3. The van der Waals surface area contributed by atoms with Gasteiger partial charge in [-0.15, -0.1) is 0 Å². The lowest BCUT2D eigenvalue weighted by Gasteiger charge is -2.26. The Morgan fingerprint density at radius 3 is 2.30 bits per heavy atom. The van der Waals surface area contributed by atoms with Gasteiger partial charge in [0.05, 0.1) is 0 Å². The Bertz CT molecular complexity index is 90.1. The van der Waals surface area contributed by atoms with E-state index in [0.29, 0.717) is 0 Å². The number of thiol groups is 1. The summed E-state index contributed by atoms with van der Waals surface area (Å²) in [4.78, 5) is 0. The van der Waals surface area contributed by atoms with E-state index in [-0.39, 0.29) is 5.41 Å². The predicted octanol–water partition coefficient (Wildman–Crippen LogP) is 0.870. The van der Waals surface area contributed by atoms with Gasteiger partial charge in [-0.25, -0.2) is 0 Å². The lowest BCUT2D eigenvalue weighted by Crippen LogP contribution is -2.40. The third-order valence-corrected chi connectivity index (χ3v) is 1.49. The molecule has 0 aliphatic rings. The number of aliphatic hydroxyl groups is 1. The van der Waals surface area contributed by atoms with E-state index in [1.54, 1.807) is 0 Å². The highest BCUT2D eigenvalue weighted by Crippen LogP contribution is 2.16. The molecule has 0 aliphatic carbocycles. The zero-order valence-corrected chi connectivity index (χ0v) is 7.78. The second-order valence-corrected chi connectivity index (χ2v) is 3.89. The molecule has 0 saturated heterocycles. The van der Waals surface area contributed by atoms with Gasteiger partial charge in [0.2, 0.25) is 0 Å². The van der Waals surface area contributed by atoms with Gasteiger partial charge in [-0.3, -0.25) is 5.32 Å². The third kappa shape index (κ3) is 4.14. The van der Waals surface area contributed by atoms with Gasteiger partial charge >= 0.3 is 0 Å². The van der Waals surface area contributed by atoms with E-state index in [0.717, 1.165) is 12.3 Å². The molecule has 0 fully saturated rings. The Balaban J connectivity index is 3.52. The van der Waals surface area contributed by atoms with Gasteiger partial charge in [-0.1, -0.05) is 20.8 Å². The number of rotatable bonds is 3. The molecule has 0 aromatic rings. The van der Waals surface area contributed by atoms with Crippen molar-refractivity contribution in [1.82, 2.24) is 5.32 Å². The molecule has 0 aliphatic heterocycles. The van der Waals surface area contributed by atoms with Gasteiger partial charge in [0.25, 0.3) is 0 Å². The summed E-state index contributed by atoms with van der Waals surface area (Å²) in [5.74, 6) is 0.757. The van der Waals surface area contributed by atoms with Crippen LogP contribution >= 0.6 is 12.6 Å². The summed E-state index contributed by atoms with van der Waals surface area (Å²) in [5, 5.41) is 12.3. The molecule has 0 saturated carbocycles. The van der Waals surface area contributed by atoms with Crippen LogP contribution < -0.4 is 5.32 Å². The van der Waals surface area contributed by atoms with Crippen LogP contribution in [0.15, 0.2) is 0 Å². The summed E-state index contributed by atoms with van der Waals surface area (Å²) < 4.78 is 0. The Morgan fingerprint density at radius 1 is 1.50 bits per heavy atom. The summed E-state index contributed by atoms with van der Waals surface area (Å²) in [6.07, 6.45) is -0.431.